The molecule has 6 nitrogen and oxygen atoms in total. The summed E-state index contributed by atoms with van der Waals surface area (Å²) in [4.78, 5) is 16.4. The molecular weight excluding hydrogens is 495 g/mol. The predicted molar refractivity (Wildman–Crippen MR) is 158 cm³/mol. The topological polar surface area (TPSA) is 71.9 Å². The Kier molecular flexibility index (Phi) is 11.5. The van der Waals surface area contributed by atoms with E-state index >= 15 is 0 Å². The van der Waals surface area contributed by atoms with Gasteiger partial charge in [0.05, 0.1) is 13.7 Å². The van der Waals surface area contributed by atoms with Gasteiger partial charge in [0, 0.05) is 49.9 Å². The van der Waals surface area contributed by atoms with Crippen LogP contribution in [0.3, 0.4) is 0 Å². The highest BCUT2D eigenvalue weighted by molar-refractivity contribution is 7.57. The normalized spacial score (nSPS) is 17.3. The van der Waals surface area contributed by atoms with Crippen LogP contribution in [0.15, 0.2) is 36.5 Å². The molecule has 2 fully saturated rings. The highest BCUT2D eigenvalue weighted by Gasteiger charge is 2.23. The fourth-order valence-electron chi connectivity index (χ4n) is 4.55. The second-order valence-electron chi connectivity index (χ2n) is 12.2. The van der Waals surface area contributed by atoms with Crippen molar-refractivity contribution in [3.05, 3.63) is 47.7 Å². The van der Waals surface area contributed by atoms with Gasteiger partial charge in [-0.15, -0.1) is 0 Å². The first kappa shape index (κ1) is 30.5. The van der Waals surface area contributed by atoms with Gasteiger partial charge in [-0.2, -0.15) is 0 Å². The molecule has 7 heteroatoms. The lowest BCUT2D eigenvalue weighted by atomic mass is 9.88. The maximum atomic E-state index is 11.6. The fourth-order valence-corrected chi connectivity index (χ4v) is 5.22. The third-order valence-electron chi connectivity index (χ3n) is 7.06. The van der Waals surface area contributed by atoms with Gasteiger partial charge in [-0.1, -0.05) is 46.1 Å². The molecule has 1 aromatic heterocycles. The van der Waals surface area contributed by atoms with Crippen molar-refractivity contribution >= 4 is 13.1 Å². The number of rotatable bonds is 11. The molecule has 1 aliphatic carbocycles. The van der Waals surface area contributed by atoms with Crippen molar-refractivity contribution in [2.75, 3.05) is 44.5 Å². The quantitative estimate of drug-likeness (QED) is 0.298. The van der Waals surface area contributed by atoms with Crippen molar-refractivity contribution in [3.8, 4) is 11.6 Å². The number of pyridine rings is 1. The Morgan fingerprint density at radius 1 is 1.08 bits per heavy atom. The van der Waals surface area contributed by atoms with E-state index in [9.17, 15) is 9.46 Å². The summed E-state index contributed by atoms with van der Waals surface area (Å²) in [5.41, 5.74) is 4.06. The van der Waals surface area contributed by atoms with Gasteiger partial charge in [-0.05, 0) is 73.1 Å². The minimum Gasteiger partial charge on any atom is -0.497 e. The SMILES string of the molecule is C1CC1.COc1ccc(CCCC(C)(C)C)c(N2CCC(COc3cc(CCP(C)(=O)O)ccn3)CC2)c1. The summed E-state index contributed by atoms with van der Waals surface area (Å²) < 4.78 is 23.1. The molecule has 2 heterocycles. The predicted octanol–water partition coefficient (Wildman–Crippen LogP) is 7.37. The molecule has 1 aliphatic heterocycles. The smallest absolute Gasteiger partial charge is 0.213 e. The number of ether oxygens (including phenoxy) is 2. The zero-order chi connectivity index (χ0) is 27.6. The summed E-state index contributed by atoms with van der Waals surface area (Å²) in [5.74, 6) is 2.00. The van der Waals surface area contributed by atoms with E-state index in [-0.39, 0.29) is 6.16 Å². The van der Waals surface area contributed by atoms with Crippen molar-refractivity contribution < 1.29 is 18.9 Å². The van der Waals surface area contributed by atoms with Gasteiger partial charge in [0.15, 0.2) is 7.37 Å². The Morgan fingerprint density at radius 2 is 1.79 bits per heavy atom. The molecule has 212 valence electrons. The molecule has 0 spiro atoms. The largest absolute Gasteiger partial charge is 0.497 e. The summed E-state index contributed by atoms with van der Waals surface area (Å²) >= 11 is 0. The van der Waals surface area contributed by atoms with E-state index in [1.165, 1.54) is 50.0 Å². The zero-order valence-corrected chi connectivity index (χ0v) is 25.1. The van der Waals surface area contributed by atoms with Gasteiger partial charge in [-0.25, -0.2) is 4.98 Å². The molecule has 0 bridgehead atoms. The van der Waals surface area contributed by atoms with Crippen LogP contribution in [0.2, 0.25) is 0 Å². The Bertz CT molecular complexity index is 1030. The maximum absolute atomic E-state index is 11.6. The Balaban J connectivity index is 0.00000124. The van der Waals surface area contributed by atoms with E-state index in [0.29, 0.717) is 30.2 Å². The standard InChI is InChI=1S/C28H43N2O4P.C3H6/c1-28(2,3)14-6-7-24-8-9-25(33-4)20-26(24)30-16-11-23(12-17-30)21-34-27-19-22(10-15-29-27)13-18-35(5,31)32;1-2-3-1/h8-10,15,19-20,23H,6-7,11-14,16-18,21H2,1-5H3,(H,31,32);1-3H2. The maximum Gasteiger partial charge on any atom is 0.213 e. The third kappa shape index (κ3) is 11.8. The lowest BCUT2D eigenvalue weighted by Crippen LogP contribution is -2.36. The molecule has 2 aliphatic rings. The lowest BCUT2D eigenvalue weighted by Gasteiger charge is -2.35. The molecule has 1 saturated heterocycles. The Labute approximate surface area is 230 Å². The second-order valence-corrected chi connectivity index (χ2v) is 14.8. The van der Waals surface area contributed by atoms with Crippen LogP contribution >= 0.6 is 7.37 Å². The van der Waals surface area contributed by atoms with Crippen molar-refractivity contribution in [1.82, 2.24) is 4.98 Å². The van der Waals surface area contributed by atoms with Gasteiger partial charge < -0.3 is 19.3 Å². The molecule has 1 saturated carbocycles. The van der Waals surface area contributed by atoms with E-state index in [2.05, 4.69) is 48.9 Å². The van der Waals surface area contributed by atoms with Crippen LogP contribution in [0.25, 0.3) is 0 Å². The number of hydrogen-bond acceptors (Lipinski definition) is 5. The number of benzene rings is 1. The zero-order valence-electron chi connectivity index (χ0n) is 24.2. The Morgan fingerprint density at radius 3 is 2.39 bits per heavy atom. The van der Waals surface area contributed by atoms with Crippen molar-refractivity contribution in [1.29, 1.82) is 0 Å². The number of aryl methyl sites for hydroxylation is 2. The first-order valence-electron chi connectivity index (χ1n) is 14.3. The molecule has 1 aromatic carbocycles. The van der Waals surface area contributed by atoms with Crippen molar-refractivity contribution in [3.63, 3.8) is 0 Å². The van der Waals surface area contributed by atoms with E-state index in [1.807, 2.05) is 12.1 Å². The number of piperidine rings is 1. The highest BCUT2D eigenvalue weighted by atomic mass is 31.2. The van der Waals surface area contributed by atoms with E-state index in [4.69, 9.17) is 9.47 Å². The number of anilines is 1. The van der Waals surface area contributed by atoms with Gasteiger partial charge in [-0.3, -0.25) is 4.57 Å². The van der Waals surface area contributed by atoms with Gasteiger partial charge in [0.25, 0.3) is 0 Å². The molecular formula is C31H49N2O4P. The summed E-state index contributed by atoms with van der Waals surface area (Å²) in [6.07, 6.45) is 12.7. The molecule has 4 rings (SSSR count). The molecule has 38 heavy (non-hydrogen) atoms. The molecule has 0 amide bonds. The van der Waals surface area contributed by atoms with E-state index in [0.717, 1.165) is 43.7 Å². The number of methoxy groups -OCH3 is 1. The highest BCUT2D eigenvalue weighted by Crippen LogP contribution is 2.36. The van der Waals surface area contributed by atoms with Crippen LogP contribution in [0, 0.1) is 11.3 Å². The first-order chi connectivity index (χ1) is 18.0. The number of hydrogen-bond donors (Lipinski definition) is 1. The molecule has 2 aromatic rings. The molecule has 1 N–H and O–H groups in total. The van der Waals surface area contributed by atoms with Crippen LogP contribution < -0.4 is 14.4 Å². The molecule has 1 atom stereocenters. The average molecular weight is 545 g/mol. The summed E-state index contributed by atoms with van der Waals surface area (Å²) in [6, 6.07) is 10.3. The van der Waals surface area contributed by atoms with Gasteiger partial charge in [0.2, 0.25) is 5.88 Å². The van der Waals surface area contributed by atoms with Gasteiger partial charge in [0.1, 0.15) is 5.75 Å². The summed E-state index contributed by atoms with van der Waals surface area (Å²) in [6.45, 7) is 11.0. The summed E-state index contributed by atoms with van der Waals surface area (Å²) in [7, 11) is -1.28. The molecule has 0 radical (unpaired) electrons. The lowest BCUT2D eigenvalue weighted by molar-refractivity contribution is 0.216. The van der Waals surface area contributed by atoms with Crippen LogP contribution in [0.4, 0.5) is 5.69 Å². The summed E-state index contributed by atoms with van der Waals surface area (Å²) in [5, 5.41) is 0. The Hall–Kier alpha value is -2.04. The van der Waals surface area contributed by atoms with Crippen molar-refractivity contribution in [2.45, 2.75) is 78.6 Å². The molecule has 1 unspecified atom stereocenters. The average Bonchev–Trinajstić information content (AvgIpc) is 3.76. The fraction of sp³-hybridized carbons (Fsp3) is 0.645. The van der Waals surface area contributed by atoms with Crippen LogP contribution in [0.1, 0.15) is 76.8 Å². The number of aromatic nitrogens is 1. The third-order valence-corrected chi connectivity index (χ3v) is 8.11. The monoisotopic (exact) mass is 544 g/mol. The second kappa shape index (κ2) is 14.4. The van der Waals surface area contributed by atoms with Crippen LogP contribution in [-0.2, 0) is 17.4 Å². The van der Waals surface area contributed by atoms with Crippen molar-refractivity contribution in [2.24, 2.45) is 11.3 Å². The van der Waals surface area contributed by atoms with E-state index in [1.54, 1.807) is 13.3 Å². The van der Waals surface area contributed by atoms with Gasteiger partial charge >= 0.3 is 0 Å². The number of nitrogens with zero attached hydrogens (tertiary/aromatic N) is 2. The van der Waals surface area contributed by atoms with Crippen LogP contribution in [-0.4, -0.2) is 49.5 Å². The van der Waals surface area contributed by atoms with Crippen LogP contribution in [0.5, 0.6) is 11.6 Å². The minimum absolute atomic E-state index is 0.275. The van der Waals surface area contributed by atoms with E-state index < -0.39 is 7.37 Å². The first-order valence-corrected chi connectivity index (χ1v) is 16.6. The minimum atomic E-state index is -3.01.